The van der Waals surface area contributed by atoms with Crippen LogP contribution in [0.4, 0.5) is 0 Å². The average molecular weight is 237 g/mol. The molecule has 0 amide bonds. The predicted octanol–water partition coefficient (Wildman–Crippen LogP) is 2.98. The molecule has 0 aliphatic carbocycles. The molecule has 2 aromatic heterocycles. The molecule has 0 spiro atoms. The fourth-order valence-corrected chi connectivity index (χ4v) is 2.19. The minimum Gasteiger partial charge on any atom is -0.348 e. The summed E-state index contributed by atoms with van der Waals surface area (Å²) in [4.78, 5) is 4.14. The molecule has 0 fully saturated rings. The highest BCUT2D eigenvalue weighted by molar-refractivity contribution is 9.10. The summed E-state index contributed by atoms with van der Waals surface area (Å²) in [6, 6.07) is 0. The van der Waals surface area contributed by atoms with Gasteiger partial charge in [0.1, 0.15) is 0 Å². The predicted molar refractivity (Wildman–Crippen MR) is 58.5 cm³/mol. The van der Waals surface area contributed by atoms with E-state index in [9.17, 15) is 0 Å². The van der Waals surface area contributed by atoms with Crippen LogP contribution in [-0.2, 0) is 7.05 Å². The van der Waals surface area contributed by atoms with Gasteiger partial charge in [0.25, 0.3) is 0 Å². The zero-order valence-corrected chi connectivity index (χ0v) is 8.87. The lowest BCUT2D eigenvalue weighted by atomic mass is 10.2. The third kappa shape index (κ3) is 1.20. The number of aromatic nitrogens is 2. The molecular formula is C10H9BrN2. The second kappa shape index (κ2) is 3.00. The Labute approximate surface area is 85.0 Å². The molecule has 0 aliphatic rings. The molecule has 0 atom stereocenters. The normalized spacial score (nSPS) is 10.6. The van der Waals surface area contributed by atoms with Crippen LogP contribution in [0.5, 0.6) is 0 Å². The van der Waals surface area contributed by atoms with Crippen molar-refractivity contribution in [1.29, 1.82) is 0 Å². The van der Waals surface area contributed by atoms with E-state index in [0.717, 1.165) is 15.6 Å². The van der Waals surface area contributed by atoms with Gasteiger partial charge in [0.15, 0.2) is 0 Å². The van der Waals surface area contributed by atoms with Crippen LogP contribution < -0.4 is 0 Å². The van der Waals surface area contributed by atoms with Crippen LogP contribution in [0.25, 0.3) is 17.0 Å². The van der Waals surface area contributed by atoms with Gasteiger partial charge in [-0.1, -0.05) is 12.7 Å². The highest BCUT2D eigenvalue weighted by Gasteiger charge is 2.06. The molecule has 66 valence electrons. The van der Waals surface area contributed by atoms with Gasteiger partial charge in [0.05, 0.1) is 11.7 Å². The zero-order valence-electron chi connectivity index (χ0n) is 7.29. The molecule has 3 heteroatoms. The van der Waals surface area contributed by atoms with E-state index in [1.165, 1.54) is 5.39 Å². The lowest BCUT2D eigenvalue weighted by molar-refractivity contribution is 0.962. The van der Waals surface area contributed by atoms with Gasteiger partial charge in [-0.05, 0) is 15.9 Å². The van der Waals surface area contributed by atoms with E-state index in [4.69, 9.17) is 0 Å². The molecule has 13 heavy (non-hydrogen) atoms. The van der Waals surface area contributed by atoms with Crippen molar-refractivity contribution in [3.8, 4) is 0 Å². The third-order valence-corrected chi connectivity index (χ3v) is 2.70. The zero-order chi connectivity index (χ0) is 9.42. The SMILES string of the molecule is C=Cc1cncc2c1c(Br)cn2C. The van der Waals surface area contributed by atoms with E-state index in [1.54, 1.807) is 0 Å². The monoisotopic (exact) mass is 236 g/mol. The maximum atomic E-state index is 4.14. The summed E-state index contributed by atoms with van der Waals surface area (Å²) in [5.74, 6) is 0. The maximum Gasteiger partial charge on any atom is 0.0682 e. The minimum atomic E-state index is 1.06. The highest BCUT2D eigenvalue weighted by atomic mass is 79.9. The Morgan fingerprint density at radius 1 is 1.54 bits per heavy atom. The summed E-state index contributed by atoms with van der Waals surface area (Å²) < 4.78 is 3.13. The summed E-state index contributed by atoms with van der Waals surface area (Å²) in [6.07, 6.45) is 7.52. The van der Waals surface area contributed by atoms with E-state index in [1.807, 2.05) is 36.3 Å². The van der Waals surface area contributed by atoms with Crippen molar-refractivity contribution in [2.24, 2.45) is 7.05 Å². The summed E-state index contributed by atoms with van der Waals surface area (Å²) >= 11 is 3.51. The number of pyridine rings is 1. The molecule has 0 saturated carbocycles. The quantitative estimate of drug-likeness (QED) is 0.745. The summed E-state index contributed by atoms with van der Waals surface area (Å²) in [7, 11) is 2.00. The maximum absolute atomic E-state index is 4.14. The Balaban J connectivity index is 2.96. The van der Waals surface area contributed by atoms with Gasteiger partial charge in [-0.3, -0.25) is 4.98 Å². The van der Waals surface area contributed by atoms with Gasteiger partial charge >= 0.3 is 0 Å². The molecule has 2 heterocycles. The molecule has 0 radical (unpaired) electrons. The molecule has 0 aromatic carbocycles. The second-order valence-corrected chi connectivity index (χ2v) is 3.77. The average Bonchev–Trinajstić information content (AvgIpc) is 2.43. The Morgan fingerprint density at radius 2 is 2.31 bits per heavy atom. The van der Waals surface area contributed by atoms with Gasteiger partial charge in [0, 0.05) is 34.9 Å². The smallest absolute Gasteiger partial charge is 0.0682 e. The number of halogens is 1. The largest absolute Gasteiger partial charge is 0.348 e. The summed E-state index contributed by atoms with van der Waals surface area (Å²) in [6.45, 7) is 3.76. The van der Waals surface area contributed by atoms with Crippen molar-refractivity contribution in [2.45, 2.75) is 0 Å². The van der Waals surface area contributed by atoms with Crippen LogP contribution in [0, 0.1) is 0 Å². The van der Waals surface area contributed by atoms with Crippen LogP contribution in [-0.4, -0.2) is 9.55 Å². The van der Waals surface area contributed by atoms with Crippen molar-refractivity contribution in [3.05, 3.63) is 35.2 Å². The van der Waals surface area contributed by atoms with Crippen molar-refractivity contribution >= 4 is 32.9 Å². The first-order valence-electron chi connectivity index (χ1n) is 3.95. The fourth-order valence-electron chi connectivity index (χ4n) is 1.45. The molecule has 0 bridgehead atoms. The molecule has 0 aliphatic heterocycles. The molecule has 0 unspecified atom stereocenters. The van der Waals surface area contributed by atoms with Crippen LogP contribution in [0.1, 0.15) is 5.56 Å². The van der Waals surface area contributed by atoms with Crippen LogP contribution in [0.2, 0.25) is 0 Å². The second-order valence-electron chi connectivity index (χ2n) is 2.91. The molecular weight excluding hydrogens is 228 g/mol. The van der Waals surface area contributed by atoms with Crippen molar-refractivity contribution in [1.82, 2.24) is 9.55 Å². The summed E-state index contributed by atoms with van der Waals surface area (Å²) in [5.41, 5.74) is 2.18. The Morgan fingerprint density at radius 3 is 3.00 bits per heavy atom. The molecule has 2 aromatic rings. The first-order valence-corrected chi connectivity index (χ1v) is 4.74. The van der Waals surface area contributed by atoms with E-state index in [0.29, 0.717) is 0 Å². The van der Waals surface area contributed by atoms with Gasteiger partial charge in [-0.25, -0.2) is 0 Å². The number of hydrogen-bond donors (Lipinski definition) is 0. The van der Waals surface area contributed by atoms with Gasteiger partial charge in [-0.15, -0.1) is 0 Å². The van der Waals surface area contributed by atoms with E-state index < -0.39 is 0 Å². The molecule has 0 N–H and O–H groups in total. The molecule has 2 nitrogen and oxygen atoms in total. The van der Waals surface area contributed by atoms with E-state index in [-0.39, 0.29) is 0 Å². The van der Waals surface area contributed by atoms with Crippen molar-refractivity contribution < 1.29 is 0 Å². The number of fused-ring (bicyclic) bond motifs is 1. The third-order valence-electron chi connectivity index (χ3n) is 2.10. The lowest BCUT2D eigenvalue weighted by Crippen LogP contribution is -1.85. The number of hydrogen-bond acceptors (Lipinski definition) is 1. The minimum absolute atomic E-state index is 1.06. The molecule has 2 rings (SSSR count). The standard InChI is InChI=1S/C10H9BrN2/c1-3-7-4-12-5-9-10(7)8(11)6-13(9)2/h3-6H,1H2,2H3. The molecule has 0 saturated heterocycles. The Hall–Kier alpha value is -1.09. The number of nitrogens with zero attached hydrogens (tertiary/aromatic N) is 2. The Kier molecular flexibility index (Phi) is 1.96. The van der Waals surface area contributed by atoms with E-state index in [2.05, 4.69) is 27.5 Å². The van der Waals surface area contributed by atoms with Gasteiger partial charge < -0.3 is 4.57 Å². The van der Waals surface area contributed by atoms with E-state index >= 15 is 0 Å². The van der Waals surface area contributed by atoms with Gasteiger partial charge in [0.2, 0.25) is 0 Å². The van der Waals surface area contributed by atoms with Crippen LogP contribution in [0.3, 0.4) is 0 Å². The van der Waals surface area contributed by atoms with Crippen molar-refractivity contribution in [2.75, 3.05) is 0 Å². The first kappa shape index (κ1) is 8.51. The van der Waals surface area contributed by atoms with Crippen LogP contribution >= 0.6 is 15.9 Å². The number of rotatable bonds is 1. The van der Waals surface area contributed by atoms with Gasteiger partial charge in [-0.2, -0.15) is 0 Å². The lowest BCUT2D eigenvalue weighted by Gasteiger charge is -1.97. The van der Waals surface area contributed by atoms with Crippen LogP contribution in [0.15, 0.2) is 29.6 Å². The topological polar surface area (TPSA) is 17.8 Å². The first-order chi connectivity index (χ1) is 6.24. The fraction of sp³-hybridized carbons (Fsp3) is 0.100. The number of aryl methyl sites for hydroxylation is 1. The Bertz CT molecular complexity index is 471. The van der Waals surface area contributed by atoms with Crippen molar-refractivity contribution in [3.63, 3.8) is 0 Å². The highest BCUT2D eigenvalue weighted by Crippen LogP contribution is 2.28. The summed E-state index contributed by atoms with van der Waals surface area (Å²) in [5, 5.41) is 1.17.